The lowest BCUT2D eigenvalue weighted by Crippen LogP contribution is -2.33. The van der Waals surface area contributed by atoms with Gasteiger partial charge in [0.25, 0.3) is 5.91 Å². The van der Waals surface area contributed by atoms with Gasteiger partial charge in [0.15, 0.2) is 5.82 Å². The molecule has 1 aromatic carbocycles. The van der Waals surface area contributed by atoms with Crippen molar-refractivity contribution < 1.29 is 14.3 Å². The predicted molar refractivity (Wildman–Crippen MR) is 67.0 cm³/mol. The number of hydrogen-bond donors (Lipinski definition) is 2. The number of aliphatic hydroxyl groups is 1. The molecule has 0 heterocycles. The first-order valence-corrected chi connectivity index (χ1v) is 6.03. The SMILES string of the molecule is O=C(N[C@@H]1C=C[C@H](CO)C1)c1cccc(Cl)c1F. The first-order chi connectivity index (χ1) is 8.61. The fourth-order valence-electron chi connectivity index (χ4n) is 1.94. The molecular weight excluding hydrogens is 257 g/mol. The van der Waals surface area contributed by atoms with Crippen LogP contribution in [0.25, 0.3) is 0 Å². The van der Waals surface area contributed by atoms with Crippen LogP contribution in [0.3, 0.4) is 0 Å². The molecule has 3 nitrogen and oxygen atoms in total. The van der Waals surface area contributed by atoms with E-state index in [0.29, 0.717) is 6.42 Å². The van der Waals surface area contributed by atoms with E-state index in [4.69, 9.17) is 16.7 Å². The maximum Gasteiger partial charge on any atom is 0.254 e. The molecule has 2 N–H and O–H groups in total. The molecule has 0 saturated heterocycles. The summed E-state index contributed by atoms with van der Waals surface area (Å²) in [6.45, 7) is 0.0500. The van der Waals surface area contributed by atoms with Gasteiger partial charge in [0, 0.05) is 18.6 Å². The van der Waals surface area contributed by atoms with Gasteiger partial charge in [0.05, 0.1) is 10.6 Å². The molecule has 0 fully saturated rings. The highest BCUT2D eigenvalue weighted by Crippen LogP contribution is 2.20. The van der Waals surface area contributed by atoms with Crippen molar-refractivity contribution in [2.24, 2.45) is 5.92 Å². The van der Waals surface area contributed by atoms with Crippen molar-refractivity contribution in [3.63, 3.8) is 0 Å². The molecule has 1 aliphatic rings. The molecule has 5 heteroatoms. The second kappa shape index (κ2) is 5.50. The van der Waals surface area contributed by atoms with E-state index >= 15 is 0 Å². The van der Waals surface area contributed by atoms with Crippen molar-refractivity contribution in [3.8, 4) is 0 Å². The topological polar surface area (TPSA) is 49.3 Å². The molecule has 1 aliphatic carbocycles. The minimum Gasteiger partial charge on any atom is -0.396 e. The highest BCUT2D eigenvalue weighted by atomic mass is 35.5. The Kier molecular flexibility index (Phi) is 3.99. The number of nitrogens with one attached hydrogen (secondary N) is 1. The fraction of sp³-hybridized carbons (Fsp3) is 0.308. The molecular formula is C13H13ClFNO2. The van der Waals surface area contributed by atoms with E-state index in [1.54, 1.807) is 6.08 Å². The zero-order valence-corrected chi connectivity index (χ0v) is 10.3. The van der Waals surface area contributed by atoms with Crippen LogP contribution in [-0.4, -0.2) is 23.7 Å². The molecule has 0 unspecified atom stereocenters. The quantitative estimate of drug-likeness (QED) is 0.826. The van der Waals surface area contributed by atoms with Crippen LogP contribution in [0.5, 0.6) is 0 Å². The first kappa shape index (κ1) is 13.1. The molecule has 0 bridgehead atoms. The van der Waals surface area contributed by atoms with Gasteiger partial charge >= 0.3 is 0 Å². The number of carbonyl (C=O) groups is 1. The van der Waals surface area contributed by atoms with Crippen molar-refractivity contribution in [1.29, 1.82) is 0 Å². The van der Waals surface area contributed by atoms with Gasteiger partial charge in [-0.05, 0) is 18.6 Å². The van der Waals surface area contributed by atoms with Crippen LogP contribution in [0.1, 0.15) is 16.8 Å². The Bertz CT molecular complexity index is 490. The van der Waals surface area contributed by atoms with Gasteiger partial charge in [0.1, 0.15) is 0 Å². The first-order valence-electron chi connectivity index (χ1n) is 5.66. The number of aliphatic hydroxyl groups excluding tert-OH is 1. The van der Waals surface area contributed by atoms with Crippen molar-refractivity contribution in [2.45, 2.75) is 12.5 Å². The van der Waals surface area contributed by atoms with Crippen LogP contribution >= 0.6 is 11.6 Å². The van der Waals surface area contributed by atoms with Gasteiger partial charge in [-0.25, -0.2) is 4.39 Å². The molecule has 1 amide bonds. The number of benzene rings is 1. The van der Waals surface area contributed by atoms with E-state index in [2.05, 4.69) is 5.32 Å². The smallest absolute Gasteiger partial charge is 0.254 e. The highest BCUT2D eigenvalue weighted by molar-refractivity contribution is 6.31. The Morgan fingerprint density at radius 3 is 2.94 bits per heavy atom. The number of amides is 1. The van der Waals surface area contributed by atoms with Crippen LogP contribution in [0.15, 0.2) is 30.4 Å². The molecule has 0 radical (unpaired) electrons. The predicted octanol–water partition coefficient (Wildman–Crippen LogP) is 2.15. The molecule has 0 aliphatic heterocycles. The molecule has 96 valence electrons. The summed E-state index contributed by atoms with van der Waals surface area (Å²) in [7, 11) is 0. The van der Waals surface area contributed by atoms with Gasteiger partial charge in [-0.2, -0.15) is 0 Å². The standard InChI is InChI=1S/C13H13ClFNO2/c14-11-3-1-2-10(12(11)15)13(18)16-9-5-4-8(6-9)7-17/h1-5,8-9,17H,6-7H2,(H,16,18)/t8-,9+/m0/s1. The third kappa shape index (κ3) is 2.71. The number of carbonyl (C=O) groups excluding carboxylic acids is 1. The summed E-state index contributed by atoms with van der Waals surface area (Å²) in [5, 5.41) is 11.6. The van der Waals surface area contributed by atoms with Crippen LogP contribution in [0.2, 0.25) is 5.02 Å². The Hall–Kier alpha value is -1.39. The fourth-order valence-corrected chi connectivity index (χ4v) is 2.12. The van der Waals surface area contributed by atoms with Gasteiger partial charge in [-0.3, -0.25) is 4.79 Å². The largest absolute Gasteiger partial charge is 0.396 e. The van der Waals surface area contributed by atoms with Crippen molar-refractivity contribution in [3.05, 3.63) is 46.8 Å². The van der Waals surface area contributed by atoms with E-state index in [0.717, 1.165) is 0 Å². The lowest BCUT2D eigenvalue weighted by atomic mass is 10.1. The zero-order valence-electron chi connectivity index (χ0n) is 9.57. The summed E-state index contributed by atoms with van der Waals surface area (Å²) >= 11 is 5.62. The molecule has 0 spiro atoms. The van der Waals surface area contributed by atoms with E-state index < -0.39 is 11.7 Å². The average Bonchev–Trinajstić information content (AvgIpc) is 2.80. The van der Waals surface area contributed by atoms with E-state index in [-0.39, 0.29) is 29.2 Å². The Balaban J connectivity index is 2.05. The monoisotopic (exact) mass is 269 g/mol. The van der Waals surface area contributed by atoms with Gasteiger partial charge in [0.2, 0.25) is 0 Å². The van der Waals surface area contributed by atoms with E-state index in [1.165, 1.54) is 18.2 Å². The zero-order chi connectivity index (χ0) is 13.1. The van der Waals surface area contributed by atoms with Crippen LogP contribution in [0.4, 0.5) is 4.39 Å². The van der Waals surface area contributed by atoms with Gasteiger partial charge in [-0.1, -0.05) is 29.8 Å². The molecule has 18 heavy (non-hydrogen) atoms. The van der Waals surface area contributed by atoms with Gasteiger partial charge < -0.3 is 10.4 Å². The minimum absolute atomic E-state index is 0.0500. The highest BCUT2D eigenvalue weighted by Gasteiger charge is 2.22. The third-order valence-corrected chi connectivity index (χ3v) is 3.21. The van der Waals surface area contributed by atoms with Crippen LogP contribution < -0.4 is 5.32 Å². The molecule has 1 aromatic rings. The molecule has 0 saturated carbocycles. The summed E-state index contributed by atoms with van der Waals surface area (Å²) in [4.78, 5) is 11.9. The summed E-state index contributed by atoms with van der Waals surface area (Å²) in [6, 6.07) is 4.14. The lowest BCUT2D eigenvalue weighted by molar-refractivity contribution is 0.0937. The van der Waals surface area contributed by atoms with Crippen LogP contribution in [0, 0.1) is 11.7 Å². The van der Waals surface area contributed by atoms with Crippen molar-refractivity contribution >= 4 is 17.5 Å². The molecule has 2 atom stereocenters. The second-order valence-corrected chi connectivity index (χ2v) is 4.65. The minimum atomic E-state index is -0.711. The molecule has 0 aromatic heterocycles. The summed E-state index contributed by atoms with van der Waals surface area (Å²) in [6.07, 6.45) is 4.28. The number of hydrogen-bond acceptors (Lipinski definition) is 2. The number of halogens is 2. The summed E-state index contributed by atoms with van der Waals surface area (Å²) in [5.74, 6) is -1.15. The van der Waals surface area contributed by atoms with E-state index in [9.17, 15) is 9.18 Å². The average molecular weight is 270 g/mol. The molecule has 2 rings (SSSR count). The third-order valence-electron chi connectivity index (χ3n) is 2.92. The lowest BCUT2D eigenvalue weighted by Gasteiger charge is -2.13. The second-order valence-electron chi connectivity index (χ2n) is 4.24. The van der Waals surface area contributed by atoms with Crippen molar-refractivity contribution in [2.75, 3.05) is 6.61 Å². The normalized spacial score (nSPS) is 22.2. The van der Waals surface area contributed by atoms with Gasteiger partial charge in [-0.15, -0.1) is 0 Å². The Morgan fingerprint density at radius 1 is 1.50 bits per heavy atom. The number of rotatable bonds is 3. The maximum absolute atomic E-state index is 13.6. The van der Waals surface area contributed by atoms with Crippen LogP contribution in [-0.2, 0) is 0 Å². The summed E-state index contributed by atoms with van der Waals surface area (Å²) in [5.41, 5.74) is -0.0663. The van der Waals surface area contributed by atoms with E-state index in [1.807, 2.05) is 6.08 Å². The summed E-state index contributed by atoms with van der Waals surface area (Å²) < 4.78 is 13.6. The van der Waals surface area contributed by atoms with Crippen molar-refractivity contribution in [1.82, 2.24) is 5.32 Å². The Morgan fingerprint density at radius 2 is 2.28 bits per heavy atom. The Labute approximate surface area is 109 Å². The maximum atomic E-state index is 13.6.